The molecule has 0 N–H and O–H groups in total. The number of amides is 1. The number of carbonyl (C=O) groups is 1. The first-order chi connectivity index (χ1) is 9.24. The molecule has 0 spiro atoms. The van der Waals surface area contributed by atoms with Gasteiger partial charge in [0.2, 0.25) is 0 Å². The summed E-state index contributed by atoms with van der Waals surface area (Å²) in [7, 11) is 0. The first-order valence-corrected chi connectivity index (χ1v) is 6.86. The molecular weight excluding hydrogens is 302 g/mol. The fraction of sp³-hybridized carbons (Fsp3) is 0.0625. The van der Waals surface area contributed by atoms with Gasteiger partial charge in [-0.3, -0.25) is 4.79 Å². The van der Waals surface area contributed by atoms with E-state index in [1.807, 2.05) is 54.6 Å². The van der Waals surface area contributed by atoms with Gasteiger partial charge in [-0.05, 0) is 35.4 Å². The highest BCUT2D eigenvalue weighted by Crippen LogP contribution is 2.27. The van der Waals surface area contributed by atoms with Crippen molar-refractivity contribution in [3.63, 3.8) is 0 Å². The van der Waals surface area contributed by atoms with E-state index in [0.29, 0.717) is 6.54 Å². The molecule has 2 nitrogen and oxygen atoms in total. The number of benzene rings is 2. The second-order valence-electron chi connectivity index (χ2n) is 4.44. The van der Waals surface area contributed by atoms with Crippen LogP contribution in [0.3, 0.4) is 0 Å². The van der Waals surface area contributed by atoms with Gasteiger partial charge in [0.25, 0.3) is 5.91 Å². The number of rotatable bonds is 2. The third-order valence-electron chi connectivity index (χ3n) is 3.18. The van der Waals surface area contributed by atoms with Crippen molar-refractivity contribution >= 4 is 33.1 Å². The number of halogens is 1. The normalized spacial score (nSPS) is 14.7. The summed E-state index contributed by atoms with van der Waals surface area (Å²) in [5, 5.41) is 0. The first kappa shape index (κ1) is 12.2. The molecule has 94 valence electrons. The molecule has 0 aromatic heterocycles. The largest absolute Gasteiger partial charge is 0.304 e. The van der Waals surface area contributed by atoms with Crippen LogP contribution in [0.1, 0.15) is 5.56 Å². The van der Waals surface area contributed by atoms with Crippen LogP contribution in [0, 0.1) is 0 Å². The van der Waals surface area contributed by atoms with Crippen molar-refractivity contribution in [2.24, 2.45) is 0 Å². The van der Waals surface area contributed by atoms with E-state index in [9.17, 15) is 4.79 Å². The van der Waals surface area contributed by atoms with E-state index in [2.05, 4.69) is 15.9 Å². The zero-order valence-corrected chi connectivity index (χ0v) is 11.8. The van der Waals surface area contributed by atoms with Gasteiger partial charge in [-0.1, -0.05) is 46.3 Å². The van der Waals surface area contributed by atoms with Crippen LogP contribution in [-0.4, -0.2) is 12.5 Å². The smallest absolute Gasteiger partial charge is 0.251 e. The Hall–Kier alpha value is -1.87. The van der Waals surface area contributed by atoms with Gasteiger partial charge in [0, 0.05) is 16.2 Å². The van der Waals surface area contributed by atoms with Crippen molar-refractivity contribution < 1.29 is 4.79 Å². The molecule has 0 saturated carbocycles. The molecule has 0 aliphatic carbocycles. The van der Waals surface area contributed by atoms with E-state index < -0.39 is 0 Å². The molecule has 0 saturated heterocycles. The van der Waals surface area contributed by atoms with E-state index in [0.717, 1.165) is 21.3 Å². The lowest BCUT2D eigenvalue weighted by Crippen LogP contribution is -2.24. The van der Waals surface area contributed by atoms with Gasteiger partial charge in [-0.25, -0.2) is 0 Å². The standard InChI is InChI=1S/C16H12BrNO/c17-14-8-6-12(7-9-14)13-10-16(19)18(11-13)15-4-2-1-3-5-15/h1-10H,11H2. The number of anilines is 1. The van der Waals surface area contributed by atoms with Crippen molar-refractivity contribution in [2.45, 2.75) is 0 Å². The fourth-order valence-electron chi connectivity index (χ4n) is 2.19. The van der Waals surface area contributed by atoms with E-state index >= 15 is 0 Å². The van der Waals surface area contributed by atoms with Gasteiger partial charge in [-0.2, -0.15) is 0 Å². The van der Waals surface area contributed by atoms with Crippen LogP contribution in [0.25, 0.3) is 5.57 Å². The highest BCUT2D eigenvalue weighted by molar-refractivity contribution is 9.10. The van der Waals surface area contributed by atoms with Crippen LogP contribution >= 0.6 is 15.9 Å². The second kappa shape index (κ2) is 5.02. The second-order valence-corrected chi connectivity index (χ2v) is 5.35. The molecule has 0 radical (unpaired) electrons. The lowest BCUT2D eigenvalue weighted by Gasteiger charge is -2.16. The maximum atomic E-state index is 12.1. The van der Waals surface area contributed by atoms with Crippen molar-refractivity contribution in [1.29, 1.82) is 0 Å². The molecule has 1 aliphatic heterocycles. The highest BCUT2D eigenvalue weighted by Gasteiger charge is 2.23. The summed E-state index contributed by atoms with van der Waals surface area (Å²) in [5.74, 6) is 0.0455. The molecule has 0 unspecified atom stereocenters. The number of hydrogen-bond acceptors (Lipinski definition) is 1. The van der Waals surface area contributed by atoms with Crippen LogP contribution in [-0.2, 0) is 4.79 Å². The predicted molar refractivity (Wildman–Crippen MR) is 80.9 cm³/mol. The minimum atomic E-state index is 0.0455. The van der Waals surface area contributed by atoms with Crippen molar-refractivity contribution in [3.05, 3.63) is 70.7 Å². The third kappa shape index (κ3) is 2.47. The molecule has 0 bridgehead atoms. The van der Waals surface area contributed by atoms with Crippen LogP contribution in [0.4, 0.5) is 5.69 Å². The van der Waals surface area contributed by atoms with Gasteiger partial charge in [0.15, 0.2) is 0 Å². The maximum absolute atomic E-state index is 12.1. The topological polar surface area (TPSA) is 20.3 Å². The van der Waals surface area contributed by atoms with E-state index in [1.54, 1.807) is 11.0 Å². The molecule has 0 fully saturated rings. The number of para-hydroxylation sites is 1. The first-order valence-electron chi connectivity index (χ1n) is 6.07. The van der Waals surface area contributed by atoms with Gasteiger partial charge < -0.3 is 4.90 Å². The Kier molecular flexibility index (Phi) is 3.22. The van der Waals surface area contributed by atoms with Crippen LogP contribution in [0.2, 0.25) is 0 Å². The molecule has 2 aromatic rings. The summed E-state index contributed by atoms with van der Waals surface area (Å²) in [4.78, 5) is 13.9. The molecule has 19 heavy (non-hydrogen) atoms. The molecule has 1 amide bonds. The summed E-state index contributed by atoms with van der Waals surface area (Å²) in [6, 6.07) is 17.8. The lowest BCUT2D eigenvalue weighted by molar-refractivity contribution is -0.113. The molecule has 3 rings (SSSR count). The highest BCUT2D eigenvalue weighted by atomic mass is 79.9. The molecule has 2 aromatic carbocycles. The van der Waals surface area contributed by atoms with Gasteiger partial charge >= 0.3 is 0 Å². The summed E-state index contributed by atoms with van der Waals surface area (Å²) in [5.41, 5.74) is 3.09. The van der Waals surface area contributed by atoms with Crippen LogP contribution in [0.15, 0.2) is 65.1 Å². The Morgan fingerprint density at radius 2 is 1.63 bits per heavy atom. The Morgan fingerprint density at radius 1 is 0.947 bits per heavy atom. The zero-order valence-electron chi connectivity index (χ0n) is 10.2. The van der Waals surface area contributed by atoms with Crippen LogP contribution < -0.4 is 4.90 Å². The van der Waals surface area contributed by atoms with Crippen molar-refractivity contribution in [1.82, 2.24) is 0 Å². The molecule has 3 heteroatoms. The number of carbonyl (C=O) groups excluding carboxylic acids is 1. The molecular formula is C16H12BrNO. The Bertz CT molecular complexity index is 632. The minimum absolute atomic E-state index is 0.0455. The Balaban J connectivity index is 1.86. The third-order valence-corrected chi connectivity index (χ3v) is 3.70. The molecule has 1 aliphatic rings. The van der Waals surface area contributed by atoms with Crippen molar-refractivity contribution in [3.8, 4) is 0 Å². The van der Waals surface area contributed by atoms with Gasteiger partial charge in [0.05, 0.1) is 6.54 Å². The number of hydrogen-bond donors (Lipinski definition) is 0. The predicted octanol–water partition coefficient (Wildman–Crippen LogP) is 3.88. The van der Waals surface area contributed by atoms with E-state index in [-0.39, 0.29) is 5.91 Å². The summed E-state index contributed by atoms with van der Waals surface area (Å²) in [6.45, 7) is 0.629. The summed E-state index contributed by atoms with van der Waals surface area (Å²) in [6.07, 6.45) is 1.72. The SMILES string of the molecule is O=C1C=C(c2ccc(Br)cc2)CN1c1ccccc1. The lowest BCUT2D eigenvalue weighted by atomic mass is 10.1. The average Bonchev–Trinajstić information content (AvgIpc) is 2.83. The summed E-state index contributed by atoms with van der Waals surface area (Å²) < 4.78 is 1.04. The molecule has 0 atom stereocenters. The van der Waals surface area contributed by atoms with Crippen molar-refractivity contribution in [2.75, 3.05) is 11.4 Å². The van der Waals surface area contributed by atoms with Gasteiger partial charge in [0.1, 0.15) is 0 Å². The quantitative estimate of drug-likeness (QED) is 0.824. The summed E-state index contributed by atoms with van der Waals surface area (Å²) >= 11 is 3.42. The van der Waals surface area contributed by atoms with Gasteiger partial charge in [-0.15, -0.1) is 0 Å². The minimum Gasteiger partial charge on any atom is -0.304 e. The van der Waals surface area contributed by atoms with E-state index in [1.165, 1.54) is 0 Å². The zero-order chi connectivity index (χ0) is 13.2. The number of nitrogens with zero attached hydrogens (tertiary/aromatic N) is 1. The Morgan fingerprint density at radius 3 is 2.32 bits per heavy atom. The van der Waals surface area contributed by atoms with Crippen LogP contribution in [0.5, 0.6) is 0 Å². The maximum Gasteiger partial charge on any atom is 0.251 e. The molecule has 1 heterocycles. The fourth-order valence-corrected chi connectivity index (χ4v) is 2.45. The Labute approximate surface area is 120 Å². The van der Waals surface area contributed by atoms with E-state index in [4.69, 9.17) is 0 Å². The monoisotopic (exact) mass is 313 g/mol. The average molecular weight is 314 g/mol.